The first-order chi connectivity index (χ1) is 18.2. The number of aliphatic imine (C=N–C) groups is 1. The molecule has 0 spiro atoms. The number of amides is 1. The summed E-state index contributed by atoms with van der Waals surface area (Å²) in [7, 11) is 1.44. The summed E-state index contributed by atoms with van der Waals surface area (Å²) in [5, 5.41) is 9.84. The summed E-state index contributed by atoms with van der Waals surface area (Å²) in [6, 6.07) is 3.66. The molecule has 2 atom stereocenters. The van der Waals surface area contributed by atoms with Crippen LogP contribution in [0.25, 0.3) is 10.9 Å². The van der Waals surface area contributed by atoms with Gasteiger partial charge in [0.2, 0.25) is 5.96 Å². The fraction of sp³-hybridized carbons (Fsp3) is 0.360. The number of nitrogens with one attached hydrogen (secondary N) is 2. The van der Waals surface area contributed by atoms with E-state index in [9.17, 15) is 31.5 Å². The molecule has 218 valence electrons. The van der Waals surface area contributed by atoms with E-state index in [-0.39, 0.29) is 53.2 Å². The Labute approximate surface area is 232 Å². The van der Waals surface area contributed by atoms with Crippen LogP contribution in [0.4, 0.5) is 27.8 Å². The molecule has 1 amide bonds. The molecule has 40 heavy (non-hydrogen) atoms. The van der Waals surface area contributed by atoms with Crippen LogP contribution in [0.15, 0.2) is 41.4 Å². The Morgan fingerprint density at radius 1 is 1.10 bits per heavy atom. The minimum Gasteiger partial charge on any atom is -0.383 e. The Bertz CT molecular complexity index is 1410. The van der Waals surface area contributed by atoms with Gasteiger partial charge in [-0.05, 0) is 49.2 Å². The van der Waals surface area contributed by atoms with Gasteiger partial charge in [-0.2, -0.15) is 22.8 Å². The largest absolute Gasteiger partial charge is 0.416 e. The predicted octanol–water partition coefficient (Wildman–Crippen LogP) is 4.61. The average molecular weight is 591 g/mol. The van der Waals surface area contributed by atoms with Gasteiger partial charge in [0.1, 0.15) is 0 Å². The number of carbonyl (C=O) groups is 2. The summed E-state index contributed by atoms with van der Waals surface area (Å²) in [4.78, 5) is 29.7. The summed E-state index contributed by atoms with van der Waals surface area (Å²) in [6.07, 6.45) is -4.69. The number of alkyl halides is 3. The standard InChI is InChI=1S/C25H27F5N6O3.ClH/c1-12(2)20(31)23(38)36-19-10-15(25(28,29)30)6-7-16(19)21(35-36)33-24(32-13(3)11-39-4)34-22(37)14-5-8-17(26)18(27)9-14;/h5-10,12-13,20H,11,31H2,1-4H3,(H2,32,33,34,35,37);1H/t13-,20-;/m0./s1. The van der Waals surface area contributed by atoms with Gasteiger partial charge in [-0.15, -0.1) is 17.5 Å². The molecule has 1 heterocycles. The van der Waals surface area contributed by atoms with Crippen LogP contribution in [0.1, 0.15) is 41.5 Å². The van der Waals surface area contributed by atoms with E-state index < -0.39 is 47.3 Å². The number of nitrogens with two attached hydrogens (primary N) is 1. The lowest BCUT2D eigenvalue weighted by molar-refractivity contribution is -0.137. The maximum atomic E-state index is 13.7. The molecule has 0 aliphatic carbocycles. The summed E-state index contributed by atoms with van der Waals surface area (Å²) < 4.78 is 73.1. The van der Waals surface area contributed by atoms with E-state index >= 15 is 0 Å². The molecule has 0 saturated heterocycles. The van der Waals surface area contributed by atoms with Crippen molar-refractivity contribution >= 4 is 46.9 Å². The molecule has 3 aromatic rings. The molecule has 2 aromatic carbocycles. The van der Waals surface area contributed by atoms with Gasteiger partial charge in [-0.25, -0.2) is 8.78 Å². The van der Waals surface area contributed by atoms with Gasteiger partial charge in [0.15, 0.2) is 17.5 Å². The number of nitrogens with zero attached hydrogens (tertiary/aromatic N) is 3. The number of hydrogen-bond donors (Lipinski definition) is 3. The second-order valence-corrected chi connectivity index (χ2v) is 9.12. The Morgan fingerprint density at radius 3 is 2.35 bits per heavy atom. The zero-order valence-corrected chi connectivity index (χ0v) is 22.7. The van der Waals surface area contributed by atoms with Crippen molar-refractivity contribution in [1.82, 2.24) is 15.1 Å². The molecule has 3 rings (SSSR count). The van der Waals surface area contributed by atoms with Gasteiger partial charge >= 0.3 is 6.18 Å². The molecule has 9 nitrogen and oxygen atoms in total. The maximum absolute atomic E-state index is 13.7. The number of ether oxygens (including phenoxy) is 1. The zero-order chi connectivity index (χ0) is 29.1. The summed E-state index contributed by atoms with van der Waals surface area (Å²) in [5.41, 5.74) is 4.51. The van der Waals surface area contributed by atoms with Gasteiger partial charge < -0.3 is 21.1 Å². The molecule has 4 N–H and O–H groups in total. The minimum atomic E-state index is -4.69. The third kappa shape index (κ3) is 7.52. The number of halogens is 6. The Hall–Kier alpha value is -3.62. The van der Waals surface area contributed by atoms with Crippen molar-refractivity contribution in [1.29, 1.82) is 0 Å². The van der Waals surface area contributed by atoms with Crippen molar-refractivity contribution in [3.05, 3.63) is 59.2 Å². The van der Waals surface area contributed by atoms with Crippen molar-refractivity contribution in [3.63, 3.8) is 0 Å². The number of anilines is 1. The molecule has 0 unspecified atom stereocenters. The third-order valence-corrected chi connectivity index (χ3v) is 5.64. The summed E-state index contributed by atoms with van der Waals surface area (Å²) in [6.45, 7) is 5.18. The molecule has 0 radical (unpaired) electrons. The number of carbonyl (C=O) groups excluding carboxylic acids is 2. The zero-order valence-electron chi connectivity index (χ0n) is 21.8. The Morgan fingerprint density at radius 2 is 1.77 bits per heavy atom. The van der Waals surface area contributed by atoms with Gasteiger partial charge in [0, 0.05) is 24.1 Å². The molecule has 15 heteroatoms. The highest BCUT2D eigenvalue weighted by Crippen LogP contribution is 2.33. The smallest absolute Gasteiger partial charge is 0.383 e. The Balaban J connectivity index is 0.00000560. The number of fused-ring (bicyclic) bond motifs is 1. The third-order valence-electron chi connectivity index (χ3n) is 5.64. The highest BCUT2D eigenvalue weighted by atomic mass is 35.5. The van der Waals surface area contributed by atoms with Crippen LogP contribution in [0, 0.1) is 17.6 Å². The van der Waals surface area contributed by atoms with Gasteiger partial charge in [0.25, 0.3) is 11.8 Å². The predicted molar refractivity (Wildman–Crippen MR) is 142 cm³/mol. The molecule has 0 aliphatic heterocycles. The van der Waals surface area contributed by atoms with Gasteiger partial charge in [-0.3, -0.25) is 9.59 Å². The van der Waals surface area contributed by atoms with E-state index in [0.29, 0.717) is 6.07 Å². The fourth-order valence-electron chi connectivity index (χ4n) is 3.51. The maximum Gasteiger partial charge on any atom is 0.416 e. The van der Waals surface area contributed by atoms with E-state index in [2.05, 4.69) is 20.7 Å². The van der Waals surface area contributed by atoms with Crippen LogP contribution in [0.5, 0.6) is 0 Å². The molecule has 0 bridgehead atoms. The van der Waals surface area contributed by atoms with E-state index in [1.54, 1.807) is 20.8 Å². The van der Waals surface area contributed by atoms with Gasteiger partial charge in [-0.1, -0.05) is 13.8 Å². The van der Waals surface area contributed by atoms with Crippen LogP contribution in [0.3, 0.4) is 0 Å². The van der Waals surface area contributed by atoms with Gasteiger partial charge in [0.05, 0.1) is 23.7 Å². The van der Waals surface area contributed by atoms with Crippen LogP contribution >= 0.6 is 12.4 Å². The minimum absolute atomic E-state index is 0. The second kappa shape index (κ2) is 13.2. The van der Waals surface area contributed by atoms with E-state index in [4.69, 9.17) is 10.5 Å². The highest BCUT2D eigenvalue weighted by Gasteiger charge is 2.32. The number of rotatable bonds is 7. The molecular formula is C25H28ClF5N6O3. The number of hydrogen-bond acceptors (Lipinski definition) is 5. The van der Waals surface area contributed by atoms with Crippen molar-refractivity contribution in [2.75, 3.05) is 19.0 Å². The number of benzene rings is 2. The van der Waals surface area contributed by atoms with Crippen LogP contribution in [-0.2, 0) is 10.9 Å². The first-order valence-electron chi connectivity index (χ1n) is 11.7. The molecule has 1 aromatic heterocycles. The Kier molecular flexibility index (Phi) is 10.7. The molecule has 0 fully saturated rings. The summed E-state index contributed by atoms with van der Waals surface area (Å²) >= 11 is 0. The fourth-order valence-corrected chi connectivity index (χ4v) is 3.51. The lowest BCUT2D eigenvalue weighted by Gasteiger charge is -2.16. The number of guanidine groups is 1. The van der Waals surface area contributed by atoms with Crippen LogP contribution in [0.2, 0.25) is 0 Å². The van der Waals surface area contributed by atoms with Crippen molar-refractivity contribution < 1.29 is 36.3 Å². The lowest BCUT2D eigenvalue weighted by Crippen LogP contribution is -2.41. The van der Waals surface area contributed by atoms with E-state index in [0.717, 1.165) is 35.0 Å². The highest BCUT2D eigenvalue weighted by molar-refractivity contribution is 6.09. The number of methoxy groups -OCH3 is 1. The molecule has 0 saturated carbocycles. The summed E-state index contributed by atoms with van der Waals surface area (Å²) in [5.74, 6) is -4.81. The molecular weight excluding hydrogens is 563 g/mol. The van der Waals surface area contributed by atoms with Crippen LogP contribution in [-0.4, -0.2) is 53.4 Å². The quantitative estimate of drug-likeness (QED) is 0.209. The van der Waals surface area contributed by atoms with Crippen molar-refractivity contribution in [2.24, 2.45) is 16.6 Å². The first kappa shape index (κ1) is 32.6. The van der Waals surface area contributed by atoms with E-state index in [1.807, 2.05) is 0 Å². The first-order valence-corrected chi connectivity index (χ1v) is 11.7. The monoisotopic (exact) mass is 590 g/mol. The average Bonchev–Trinajstić information content (AvgIpc) is 3.21. The SMILES string of the molecule is COC[C@H](C)N/C(=N\C(=O)c1ccc(F)c(F)c1)Nc1nn(C(=O)[C@@H](N)C(C)C)c2cc(C(F)(F)F)ccc12.Cl. The van der Waals surface area contributed by atoms with E-state index in [1.165, 1.54) is 7.11 Å². The normalized spacial score (nSPS) is 13.6. The topological polar surface area (TPSA) is 124 Å². The second-order valence-electron chi connectivity index (χ2n) is 9.12. The lowest BCUT2D eigenvalue weighted by atomic mass is 10.0. The number of aromatic nitrogens is 2. The van der Waals surface area contributed by atoms with Crippen molar-refractivity contribution in [3.8, 4) is 0 Å². The van der Waals surface area contributed by atoms with Crippen LogP contribution < -0.4 is 16.4 Å². The molecule has 0 aliphatic rings. The van der Waals surface area contributed by atoms with Crippen molar-refractivity contribution in [2.45, 2.75) is 39.0 Å².